The number of amides is 1. The van der Waals surface area contributed by atoms with Crippen LogP contribution >= 0.6 is 0 Å². The number of carbonyl (C=O) groups excluding carboxylic acids is 2. The summed E-state index contributed by atoms with van der Waals surface area (Å²) in [7, 11) is 0. The van der Waals surface area contributed by atoms with Crippen LogP contribution < -0.4 is 0 Å². The van der Waals surface area contributed by atoms with Crippen LogP contribution in [0.15, 0.2) is 60.8 Å². The number of fused-ring (bicyclic) bond motifs is 1. The van der Waals surface area contributed by atoms with Gasteiger partial charge < -0.3 is 14.0 Å². The van der Waals surface area contributed by atoms with Crippen LogP contribution in [-0.4, -0.2) is 47.3 Å². The molecule has 0 atom stereocenters. The van der Waals surface area contributed by atoms with Gasteiger partial charge in [0.05, 0.1) is 18.9 Å². The zero-order chi connectivity index (χ0) is 17.2. The summed E-state index contributed by atoms with van der Waals surface area (Å²) in [5, 5.41) is 0. The van der Waals surface area contributed by atoms with E-state index >= 15 is 0 Å². The fourth-order valence-corrected chi connectivity index (χ4v) is 3.13. The minimum absolute atomic E-state index is 0.0610. The van der Waals surface area contributed by atoms with Gasteiger partial charge in [0.15, 0.2) is 0 Å². The molecule has 0 saturated carbocycles. The average molecular weight is 334 g/mol. The Bertz CT molecular complexity index is 925. The summed E-state index contributed by atoms with van der Waals surface area (Å²) < 4.78 is 7.14. The van der Waals surface area contributed by atoms with E-state index in [9.17, 15) is 9.59 Å². The van der Waals surface area contributed by atoms with E-state index in [0.29, 0.717) is 43.1 Å². The van der Waals surface area contributed by atoms with Gasteiger partial charge in [0.2, 0.25) is 5.78 Å². The molecule has 126 valence electrons. The van der Waals surface area contributed by atoms with Gasteiger partial charge in [-0.15, -0.1) is 0 Å². The minimum atomic E-state index is -0.0987. The van der Waals surface area contributed by atoms with E-state index in [4.69, 9.17) is 4.74 Å². The summed E-state index contributed by atoms with van der Waals surface area (Å²) in [6, 6.07) is 16.4. The van der Waals surface area contributed by atoms with Crippen molar-refractivity contribution in [3.63, 3.8) is 0 Å². The number of ether oxygens (including phenoxy) is 1. The third-order valence-electron chi connectivity index (χ3n) is 4.45. The maximum atomic E-state index is 12.9. The van der Waals surface area contributed by atoms with Crippen LogP contribution in [0.3, 0.4) is 0 Å². The Morgan fingerprint density at radius 2 is 1.64 bits per heavy atom. The highest BCUT2D eigenvalue weighted by Gasteiger charge is 2.21. The molecular weight excluding hydrogens is 316 g/mol. The fourth-order valence-electron chi connectivity index (χ4n) is 3.13. The SMILES string of the molecule is O=C(c1ccccc1)c1cc(C(=O)N2CCOCC2)cc2cccn12. The van der Waals surface area contributed by atoms with Crippen LogP contribution in [-0.2, 0) is 4.74 Å². The van der Waals surface area contributed by atoms with E-state index in [1.807, 2.05) is 47.0 Å². The predicted octanol–water partition coefficient (Wildman–Crippen LogP) is 2.64. The van der Waals surface area contributed by atoms with E-state index in [1.54, 1.807) is 23.1 Å². The molecule has 3 aromatic rings. The first kappa shape index (κ1) is 15.6. The Morgan fingerprint density at radius 1 is 0.880 bits per heavy atom. The summed E-state index contributed by atoms with van der Waals surface area (Å²) in [6.07, 6.45) is 1.84. The Hall–Kier alpha value is -2.92. The Balaban J connectivity index is 1.77. The van der Waals surface area contributed by atoms with Crippen molar-refractivity contribution < 1.29 is 14.3 Å². The normalized spacial score (nSPS) is 14.6. The van der Waals surface area contributed by atoms with Crippen molar-refractivity contribution in [2.45, 2.75) is 0 Å². The van der Waals surface area contributed by atoms with Crippen molar-refractivity contribution in [3.05, 3.63) is 77.6 Å². The summed E-state index contributed by atoms with van der Waals surface area (Å²) in [6.45, 7) is 2.25. The molecule has 1 fully saturated rings. The number of rotatable bonds is 3. The first-order chi connectivity index (χ1) is 12.2. The Kier molecular flexibility index (Phi) is 4.07. The van der Waals surface area contributed by atoms with Crippen molar-refractivity contribution in [2.75, 3.05) is 26.3 Å². The molecule has 4 rings (SSSR count). The monoisotopic (exact) mass is 334 g/mol. The second-order valence-electron chi connectivity index (χ2n) is 6.03. The molecule has 1 amide bonds. The van der Waals surface area contributed by atoms with Gasteiger partial charge in [-0.05, 0) is 24.3 Å². The molecule has 2 aromatic heterocycles. The Morgan fingerprint density at radius 3 is 2.40 bits per heavy atom. The first-order valence-electron chi connectivity index (χ1n) is 8.32. The lowest BCUT2D eigenvalue weighted by Gasteiger charge is -2.27. The zero-order valence-electron chi connectivity index (χ0n) is 13.7. The molecule has 1 aliphatic heterocycles. The number of ketones is 1. The summed E-state index contributed by atoms with van der Waals surface area (Å²) in [4.78, 5) is 27.5. The van der Waals surface area contributed by atoms with E-state index in [2.05, 4.69) is 0 Å². The van der Waals surface area contributed by atoms with Crippen LogP contribution in [0, 0.1) is 0 Å². The van der Waals surface area contributed by atoms with Crippen molar-refractivity contribution in [2.24, 2.45) is 0 Å². The molecular formula is C20H18N2O3. The molecule has 0 aliphatic carbocycles. The third kappa shape index (κ3) is 2.94. The van der Waals surface area contributed by atoms with Gasteiger partial charge in [0.1, 0.15) is 0 Å². The molecule has 1 aliphatic rings. The van der Waals surface area contributed by atoms with E-state index in [-0.39, 0.29) is 11.7 Å². The quantitative estimate of drug-likeness (QED) is 0.692. The van der Waals surface area contributed by atoms with Gasteiger partial charge >= 0.3 is 0 Å². The van der Waals surface area contributed by atoms with Gasteiger partial charge in [-0.25, -0.2) is 0 Å². The van der Waals surface area contributed by atoms with E-state index in [0.717, 1.165) is 5.52 Å². The molecule has 0 radical (unpaired) electrons. The molecule has 0 unspecified atom stereocenters. The van der Waals surface area contributed by atoms with Crippen LogP contribution in [0.25, 0.3) is 5.52 Å². The lowest BCUT2D eigenvalue weighted by molar-refractivity contribution is 0.0303. The highest BCUT2D eigenvalue weighted by atomic mass is 16.5. The third-order valence-corrected chi connectivity index (χ3v) is 4.45. The zero-order valence-corrected chi connectivity index (χ0v) is 13.7. The number of benzene rings is 1. The van der Waals surface area contributed by atoms with Crippen LogP contribution in [0.4, 0.5) is 0 Å². The molecule has 1 saturated heterocycles. The van der Waals surface area contributed by atoms with Crippen LogP contribution in [0.5, 0.6) is 0 Å². The number of pyridine rings is 1. The second kappa shape index (κ2) is 6.53. The van der Waals surface area contributed by atoms with Crippen molar-refractivity contribution in [3.8, 4) is 0 Å². The number of carbonyl (C=O) groups is 2. The topological polar surface area (TPSA) is 51.0 Å². The van der Waals surface area contributed by atoms with Gasteiger partial charge in [-0.3, -0.25) is 9.59 Å². The van der Waals surface area contributed by atoms with Crippen molar-refractivity contribution in [1.29, 1.82) is 0 Å². The van der Waals surface area contributed by atoms with Gasteiger partial charge in [-0.1, -0.05) is 30.3 Å². The standard InChI is InChI=1S/C20H18N2O3/c23-19(15-5-2-1-3-6-15)18-14-16(13-17-7-4-8-22(17)18)20(24)21-9-11-25-12-10-21/h1-8,13-14H,9-12H2. The molecule has 25 heavy (non-hydrogen) atoms. The number of nitrogens with zero attached hydrogens (tertiary/aromatic N) is 2. The maximum Gasteiger partial charge on any atom is 0.254 e. The minimum Gasteiger partial charge on any atom is -0.378 e. The molecule has 5 nitrogen and oxygen atoms in total. The summed E-state index contributed by atoms with van der Waals surface area (Å²) >= 11 is 0. The first-order valence-corrected chi connectivity index (χ1v) is 8.32. The van der Waals surface area contributed by atoms with Gasteiger partial charge in [-0.2, -0.15) is 0 Å². The van der Waals surface area contributed by atoms with Crippen LogP contribution in [0.1, 0.15) is 26.4 Å². The highest BCUT2D eigenvalue weighted by Crippen LogP contribution is 2.18. The van der Waals surface area contributed by atoms with Gasteiger partial charge in [0, 0.05) is 35.9 Å². The van der Waals surface area contributed by atoms with Crippen molar-refractivity contribution in [1.82, 2.24) is 9.30 Å². The largest absolute Gasteiger partial charge is 0.378 e. The lowest BCUT2D eigenvalue weighted by atomic mass is 10.0. The lowest BCUT2D eigenvalue weighted by Crippen LogP contribution is -2.40. The summed E-state index contributed by atoms with van der Waals surface area (Å²) in [5.74, 6) is -0.160. The van der Waals surface area contributed by atoms with Crippen LogP contribution in [0.2, 0.25) is 0 Å². The molecule has 0 spiro atoms. The maximum absolute atomic E-state index is 12.9. The number of hydrogen-bond donors (Lipinski definition) is 0. The fraction of sp³-hybridized carbons (Fsp3) is 0.200. The predicted molar refractivity (Wildman–Crippen MR) is 94.0 cm³/mol. The van der Waals surface area contributed by atoms with E-state index in [1.165, 1.54) is 0 Å². The summed E-state index contributed by atoms with van der Waals surface area (Å²) in [5.41, 5.74) is 2.46. The molecule has 1 aromatic carbocycles. The molecule has 0 bridgehead atoms. The van der Waals surface area contributed by atoms with Gasteiger partial charge in [0.25, 0.3) is 5.91 Å². The number of aromatic nitrogens is 1. The number of hydrogen-bond acceptors (Lipinski definition) is 3. The molecule has 3 heterocycles. The smallest absolute Gasteiger partial charge is 0.254 e. The molecule has 0 N–H and O–H groups in total. The average Bonchev–Trinajstić information content (AvgIpc) is 3.16. The number of morpholine rings is 1. The highest BCUT2D eigenvalue weighted by molar-refractivity contribution is 6.09. The Labute approximate surface area is 145 Å². The molecule has 5 heteroatoms. The second-order valence-corrected chi connectivity index (χ2v) is 6.03. The van der Waals surface area contributed by atoms with E-state index < -0.39 is 0 Å². The van der Waals surface area contributed by atoms with Crippen molar-refractivity contribution >= 4 is 17.2 Å².